The Hall–Kier alpha value is -3.31. The van der Waals surface area contributed by atoms with E-state index >= 15 is 0 Å². The molecule has 2 aliphatic rings. The highest BCUT2D eigenvalue weighted by atomic mass is 32.2. The van der Waals surface area contributed by atoms with E-state index in [1.165, 1.54) is 12.1 Å². The molecule has 6 rings (SSSR count). The summed E-state index contributed by atoms with van der Waals surface area (Å²) < 4.78 is 48.7. The first kappa shape index (κ1) is 23.1. The molecular weight excluding hydrogens is 489 g/mol. The summed E-state index contributed by atoms with van der Waals surface area (Å²) in [5, 5.41) is 0. The highest BCUT2D eigenvalue weighted by Gasteiger charge is 2.48. The van der Waals surface area contributed by atoms with E-state index in [1.807, 2.05) is 28.7 Å². The Labute approximate surface area is 209 Å². The van der Waals surface area contributed by atoms with Crippen LogP contribution in [0.4, 0.5) is 19.1 Å². The summed E-state index contributed by atoms with van der Waals surface area (Å²) in [6.07, 6.45) is 1.46. The van der Waals surface area contributed by atoms with Gasteiger partial charge in [0.05, 0.1) is 16.6 Å². The fraction of sp³-hybridized carbons (Fsp3) is 0.320. The number of benzene rings is 1. The fourth-order valence-electron chi connectivity index (χ4n) is 5.08. The molecule has 11 heteroatoms. The van der Waals surface area contributed by atoms with E-state index < -0.39 is 17.5 Å². The number of imidazole rings is 1. The van der Waals surface area contributed by atoms with Crippen LogP contribution in [0.15, 0.2) is 64.8 Å². The Kier molecular flexibility index (Phi) is 5.38. The van der Waals surface area contributed by atoms with E-state index in [-0.39, 0.29) is 10.9 Å². The van der Waals surface area contributed by atoms with Crippen LogP contribution in [0.5, 0.6) is 5.75 Å². The van der Waals surface area contributed by atoms with Gasteiger partial charge in [0.2, 0.25) is 5.95 Å². The normalized spacial score (nSPS) is 19.0. The van der Waals surface area contributed by atoms with Crippen molar-refractivity contribution in [2.75, 3.05) is 18.0 Å². The molecule has 0 aliphatic carbocycles. The standard InChI is InChI=1S/C25H23F3N6OS/c1-15-19(36-18-7-4-10-30-21(18)25(26,27)28)22-31-11-14-34(22)23(32-15)33-12-8-24(9-13-33)20(29)16-5-2-3-6-17(16)35-24/h2-7,10-11,14,20H,8-9,12-13,29H2,1H3/t20-/m1/s1. The molecule has 0 unspecified atom stereocenters. The number of nitrogens with zero attached hydrogens (tertiary/aromatic N) is 5. The molecule has 1 fully saturated rings. The van der Waals surface area contributed by atoms with Crippen molar-refractivity contribution < 1.29 is 17.9 Å². The lowest BCUT2D eigenvalue weighted by atomic mass is 9.83. The van der Waals surface area contributed by atoms with E-state index in [1.54, 1.807) is 19.3 Å². The second-order valence-corrected chi connectivity index (χ2v) is 10.1. The van der Waals surface area contributed by atoms with Crippen molar-refractivity contribution >= 4 is 23.4 Å². The van der Waals surface area contributed by atoms with Crippen LogP contribution >= 0.6 is 11.8 Å². The topological polar surface area (TPSA) is 81.6 Å². The minimum atomic E-state index is -4.55. The molecule has 0 saturated carbocycles. The van der Waals surface area contributed by atoms with Crippen LogP contribution in [0.2, 0.25) is 0 Å². The van der Waals surface area contributed by atoms with E-state index in [4.69, 9.17) is 15.5 Å². The predicted molar refractivity (Wildman–Crippen MR) is 129 cm³/mol. The summed E-state index contributed by atoms with van der Waals surface area (Å²) in [5.41, 5.74) is 7.44. The summed E-state index contributed by atoms with van der Waals surface area (Å²) in [7, 11) is 0. The number of hydrogen-bond acceptors (Lipinski definition) is 7. The highest BCUT2D eigenvalue weighted by Crippen LogP contribution is 2.47. The van der Waals surface area contributed by atoms with Crippen LogP contribution in [-0.4, -0.2) is 38.0 Å². The molecule has 1 spiro atoms. The Bertz CT molecular complexity index is 1450. The molecule has 3 aromatic heterocycles. The number of fused-ring (bicyclic) bond motifs is 2. The average Bonchev–Trinajstić information content (AvgIpc) is 3.45. The van der Waals surface area contributed by atoms with Crippen LogP contribution < -0.4 is 15.4 Å². The summed E-state index contributed by atoms with van der Waals surface area (Å²) in [6, 6.07) is 10.6. The second-order valence-electron chi connectivity index (χ2n) is 9.07. The number of alkyl halides is 3. The second kappa shape index (κ2) is 8.38. The average molecular weight is 513 g/mol. The molecule has 2 aliphatic heterocycles. The van der Waals surface area contributed by atoms with E-state index in [0.29, 0.717) is 35.3 Å². The number of aromatic nitrogens is 4. The Balaban J connectivity index is 1.29. The maximum Gasteiger partial charge on any atom is 0.434 e. The van der Waals surface area contributed by atoms with Crippen LogP contribution in [-0.2, 0) is 6.18 Å². The number of piperidine rings is 1. The number of ether oxygens (including phenoxy) is 1. The molecular formula is C25H23F3N6OS. The first-order valence-electron chi connectivity index (χ1n) is 11.6. The van der Waals surface area contributed by atoms with Crippen molar-refractivity contribution in [3.8, 4) is 5.75 Å². The molecule has 36 heavy (non-hydrogen) atoms. The lowest BCUT2D eigenvalue weighted by Crippen LogP contribution is -2.52. The first-order chi connectivity index (χ1) is 17.3. The number of aryl methyl sites for hydroxylation is 1. The van der Waals surface area contributed by atoms with Crippen LogP contribution in [0, 0.1) is 6.92 Å². The Morgan fingerprint density at radius 3 is 2.61 bits per heavy atom. The van der Waals surface area contributed by atoms with E-state index in [2.05, 4.69) is 14.9 Å². The van der Waals surface area contributed by atoms with Gasteiger partial charge in [-0.3, -0.25) is 9.38 Å². The highest BCUT2D eigenvalue weighted by molar-refractivity contribution is 7.99. The third-order valence-electron chi connectivity index (χ3n) is 6.93. The van der Waals surface area contributed by atoms with Crippen LogP contribution in [0.25, 0.3) is 5.65 Å². The van der Waals surface area contributed by atoms with Gasteiger partial charge in [-0.05, 0) is 25.1 Å². The van der Waals surface area contributed by atoms with Gasteiger partial charge in [-0.15, -0.1) is 0 Å². The van der Waals surface area contributed by atoms with Crippen molar-refractivity contribution in [2.24, 2.45) is 5.73 Å². The monoisotopic (exact) mass is 512 g/mol. The smallest absolute Gasteiger partial charge is 0.434 e. The van der Waals surface area contributed by atoms with Gasteiger partial charge in [-0.2, -0.15) is 13.2 Å². The number of nitrogens with two attached hydrogens (primary N) is 1. The number of rotatable bonds is 3. The van der Waals surface area contributed by atoms with Crippen molar-refractivity contribution in [1.29, 1.82) is 0 Å². The maximum atomic E-state index is 13.5. The Morgan fingerprint density at radius 1 is 1.08 bits per heavy atom. The van der Waals surface area contributed by atoms with Gasteiger partial charge in [0.25, 0.3) is 0 Å². The lowest BCUT2D eigenvalue weighted by molar-refractivity contribution is -0.143. The summed E-state index contributed by atoms with van der Waals surface area (Å²) >= 11 is 0.982. The fourth-order valence-corrected chi connectivity index (χ4v) is 6.15. The minimum absolute atomic E-state index is 0.0133. The van der Waals surface area contributed by atoms with Gasteiger partial charge in [0, 0.05) is 55.0 Å². The van der Waals surface area contributed by atoms with Crippen molar-refractivity contribution in [1.82, 2.24) is 19.4 Å². The molecule has 7 nitrogen and oxygen atoms in total. The quantitative estimate of drug-likeness (QED) is 0.412. The van der Waals surface area contributed by atoms with Crippen molar-refractivity contribution in [3.05, 3.63) is 71.9 Å². The summed E-state index contributed by atoms with van der Waals surface area (Å²) in [5.74, 6) is 1.55. The Morgan fingerprint density at radius 2 is 1.86 bits per heavy atom. The van der Waals surface area contributed by atoms with Crippen LogP contribution in [0.1, 0.15) is 35.8 Å². The van der Waals surface area contributed by atoms with Crippen LogP contribution in [0.3, 0.4) is 0 Å². The molecule has 1 atom stereocenters. The van der Waals surface area contributed by atoms with Gasteiger partial charge in [-0.25, -0.2) is 9.97 Å². The third-order valence-corrected chi connectivity index (χ3v) is 8.17. The molecule has 0 amide bonds. The molecule has 5 heterocycles. The van der Waals surface area contributed by atoms with E-state index in [9.17, 15) is 13.2 Å². The zero-order valence-corrected chi connectivity index (χ0v) is 20.2. The van der Waals surface area contributed by atoms with Gasteiger partial charge in [0.15, 0.2) is 11.3 Å². The number of para-hydroxylation sites is 1. The molecule has 0 bridgehead atoms. The molecule has 4 aromatic rings. The lowest BCUT2D eigenvalue weighted by Gasteiger charge is -2.41. The zero-order chi connectivity index (χ0) is 25.1. The minimum Gasteiger partial charge on any atom is -0.485 e. The molecule has 1 saturated heterocycles. The van der Waals surface area contributed by atoms with Crippen molar-refractivity contribution in [2.45, 2.75) is 47.4 Å². The SMILES string of the molecule is Cc1nc(N2CCC3(CC2)Oc2ccccc2[C@H]3N)n2ccnc2c1Sc1cccnc1C(F)(F)F. The predicted octanol–water partition coefficient (Wildman–Crippen LogP) is 5.03. The number of halogens is 3. The molecule has 2 N–H and O–H groups in total. The third kappa shape index (κ3) is 3.68. The summed E-state index contributed by atoms with van der Waals surface area (Å²) in [6.45, 7) is 3.14. The van der Waals surface area contributed by atoms with Gasteiger partial charge in [0.1, 0.15) is 11.4 Å². The van der Waals surface area contributed by atoms with Crippen molar-refractivity contribution in [3.63, 3.8) is 0 Å². The van der Waals surface area contributed by atoms with Gasteiger partial charge >= 0.3 is 6.18 Å². The van der Waals surface area contributed by atoms with E-state index in [0.717, 1.165) is 42.1 Å². The number of hydrogen-bond donors (Lipinski definition) is 1. The summed E-state index contributed by atoms with van der Waals surface area (Å²) in [4.78, 5) is 15.6. The zero-order valence-electron chi connectivity index (χ0n) is 19.4. The number of anilines is 1. The molecule has 0 radical (unpaired) electrons. The van der Waals surface area contributed by atoms with Gasteiger partial charge < -0.3 is 15.4 Å². The first-order valence-corrected chi connectivity index (χ1v) is 12.4. The maximum absolute atomic E-state index is 13.5. The molecule has 1 aromatic carbocycles. The van der Waals surface area contributed by atoms with Gasteiger partial charge in [-0.1, -0.05) is 30.0 Å². The largest absolute Gasteiger partial charge is 0.485 e. The number of pyridine rings is 1. The molecule has 186 valence electrons.